The van der Waals surface area contributed by atoms with Crippen LogP contribution >= 0.6 is 12.4 Å². The Morgan fingerprint density at radius 3 is 2.41 bits per heavy atom. The highest BCUT2D eigenvalue weighted by molar-refractivity contribution is 7.91. The number of hydrogen-bond donors (Lipinski definition) is 1. The molecular weight excluding hydrogens is 561 g/mol. The minimum Gasteiger partial charge on any atom is -0.442 e. The lowest BCUT2D eigenvalue weighted by Gasteiger charge is -2.23. The predicted octanol–water partition coefficient (Wildman–Crippen LogP) is 2.33. The number of carbonyl (C=O) groups excluding carboxylic acids is 4. The van der Waals surface area contributed by atoms with Crippen LogP contribution in [0.4, 0.5) is 19.7 Å². The summed E-state index contributed by atoms with van der Waals surface area (Å²) in [6.45, 7) is 3.38. The maximum atomic E-state index is 14.9. The average Bonchev–Trinajstić information content (AvgIpc) is 3.21. The molecule has 0 bridgehead atoms. The van der Waals surface area contributed by atoms with Crippen LogP contribution in [0.5, 0.6) is 0 Å². The number of imide groups is 1. The van der Waals surface area contributed by atoms with E-state index in [1.165, 1.54) is 17.0 Å². The Morgan fingerprint density at radius 1 is 1.21 bits per heavy atom. The second-order valence-electron chi connectivity index (χ2n) is 9.64. The minimum absolute atomic E-state index is 0. The van der Waals surface area contributed by atoms with E-state index in [-0.39, 0.29) is 54.5 Å². The van der Waals surface area contributed by atoms with Crippen molar-refractivity contribution in [2.45, 2.75) is 51.7 Å². The molecule has 1 aromatic rings. The molecule has 2 aliphatic heterocycles. The van der Waals surface area contributed by atoms with E-state index in [1.54, 1.807) is 19.9 Å². The predicted molar refractivity (Wildman–Crippen MR) is 140 cm³/mol. The highest BCUT2D eigenvalue weighted by Crippen LogP contribution is 2.33. The number of nitrogens with two attached hydrogens (primary N) is 1. The van der Waals surface area contributed by atoms with E-state index in [1.807, 2.05) is 0 Å². The first kappa shape index (κ1) is 32.2. The molecule has 2 N–H and O–H groups in total. The van der Waals surface area contributed by atoms with Gasteiger partial charge in [-0.15, -0.1) is 12.4 Å². The molecule has 0 spiro atoms. The minimum atomic E-state index is -3.09. The van der Waals surface area contributed by atoms with Crippen LogP contribution in [-0.2, 0) is 33.6 Å². The van der Waals surface area contributed by atoms with Gasteiger partial charge in [0.25, 0.3) is 0 Å². The van der Waals surface area contributed by atoms with Crippen LogP contribution in [0.3, 0.4) is 0 Å². The molecular formula is C24H33ClFN3O9S. The molecule has 0 aliphatic carbocycles. The zero-order chi connectivity index (χ0) is 28.2. The third-order valence-corrected chi connectivity index (χ3v) is 8.24. The van der Waals surface area contributed by atoms with Gasteiger partial charge in [0.1, 0.15) is 27.8 Å². The topological polar surface area (TPSA) is 163 Å². The van der Waals surface area contributed by atoms with Crippen molar-refractivity contribution in [2.75, 3.05) is 36.3 Å². The van der Waals surface area contributed by atoms with Crippen molar-refractivity contribution in [3.8, 4) is 0 Å². The van der Waals surface area contributed by atoms with Crippen LogP contribution < -0.4 is 10.6 Å². The lowest BCUT2D eigenvalue weighted by molar-refractivity contribution is -0.155. The number of ether oxygens (including phenoxy) is 3. The molecule has 0 saturated carbocycles. The van der Waals surface area contributed by atoms with Gasteiger partial charge in [-0.2, -0.15) is 0 Å². The number of sulfone groups is 1. The van der Waals surface area contributed by atoms with E-state index < -0.39 is 58.7 Å². The zero-order valence-corrected chi connectivity index (χ0v) is 23.5. The van der Waals surface area contributed by atoms with Gasteiger partial charge < -0.3 is 19.9 Å². The number of anilines is 1. The largest absolute Gasteiger partial charge is 0.442 e. The normalized spacial score (nSPS) is 19.6. The molecule has 1 aromatic carbocycles. The smallest absolute Gasteiger partial charge is 0.419 e. The van der Waals surface area contributed by atoms with Gasteiger partial charge in [0, 0.05) is 6.92 Å². The monoisotopic (exact) mass is 593 g/mol. The number of halogens is 2. The van der Waals surface area contributed by atoms with E-state index in [0.717, 1.165) is 6.92 Å². The SMILES string of the molecule is CC(=O)N(C[C@H]1CN(c2ccc(C3CCS(=O)(=O)CC3)c(F)c2)C(=O)O1)C(=O)OCOC(=O)[C@@H](N)C(C)C.Cl. The second kappa shape index (κ2) is 13.4. The van der Waals surface area contributed by atoms with Gasteiger partial charge in [0.2, 0.25) is 12.7 Å². The van der Waals surface area contributed by atoms with Crippen LogP contribution in [0.2, 0.25) is 0 Å². The molecule has 15 heteroatoms. The van der Waals surface area contributed by atoms with E-state index in [2.05, 4.69) is 0 Å². The molecule has 39 heavy (non-hydrogen) atoms. The fourth-order valence-corrected chi connectivity index (χ4v) is 5.65. The first-order valence-electron chi connectivity index (χ1n) is 12.1. The number of esters is 1. The maximum Gasteiger partial charge on any atom is 0.419 e. The maximum absolute atomic E-state index is 14.9. The van der Waals surface area contributed by atoms with E-state index in [0.29, 0.717) is 23.3 Å². The highest BCUT2D eigenvalue weighted by Gasteiger charge is 2.37. The van der Waals surface area contributed by atoms with Gasteiger partial charge >= 0.3 is 18.2 Å². The average molecular weight is 594 g/mol. The summed E-state index contributed by atoms with van der Waals surface area (Å²) in [7, 11) is -3.09. The number of nitrogens with zero attached hydrogens (tertiary/aromatic N) is 2. The summed E-state index contributed by atoms with van der Waals surface area (Å²) < 4.78 is 53.1. The Morgan fingerprint density at radius 2 is 1.85 bits per heavy atom. The fourth-order valence-electron chi connectivity index (χ4n) is 4.16. The van der Waals surface area contributed by atoms with Crippen molar-refractivity contribution in [1.82, 2.24) is 4.90 Å². The summed E-state index contributed by atoms with van der Waals surface area (Å²) in [6.07, 6.45) is -2.18. The number of cyclic esters (lactones) is 1. The molecule has 12 nitrogen and oxygen atoms in total. The highest BCUT2D eigenvalue weighted by atomic mass is 35.5. The molecule has 2 fully saturated rings. The van der Waals surface area contributed by atoms with Gasteiger partial charge in [-0.25, -0.2) is 27.3 Å². The molecule has 218 valence electrons. The van der Waals surface area contributed by atoms with Gasteiger partial charge in [-0.1, -0.05) is 19.9 Å². The van der Waals surface area contributed by atoms with Crippen molar-refractivity contribution < 1.29 is 46.2 Å². The fraction of sp³-hybridized carbons (Fsp3) is 0.583. The molecule has 2 atom stereocenters. The summed E-state index contributed by atoms with van der Waals surface area (Å²) in [5.74, 6) is -2.45. The molecule has 2 aliphatic rings. The summed E-state index contributed by atoms with van der Waals surface area (Å²) in [5.41, 5.74) is 6.25. The quantitative estimate of drug-likeness (QED) is 0.349. The Kier molecular flexibility index (Phi) is 11.1. The molecule has 3 rings (SSSR count). The first-order valence-corrected chi connectivity index (χ1v) is 14.0. The Bertz CT molecular complexity index is 1180. The Hall–Kier alpha value is -2.97. The van der Waals surface area contributed by atoms with Crippen LogP contribution in [0.1, 0.15) is 45.1 Å². The zero-order valence-electron chi connectivity index (χ0n) is 21.8. The van der Waals surface area contributed by atoms with E-state index >= 15 is 0 Å². The summed E-state index contributed by atoms with van der Waals surface area (Å²) in [4.78, 5) is 50.5. The third kappa shape index (κ3) is 8.26. The van der Waals surface area contributed by atoms with Crippen LogP contribution in [0.15, 0.2) is 18.2 Å². The molecule has 0 radical (unpaired) electrons. The van der Waals surface area contributed by atoms with E-state index in [4.69, 9.17) is 19.9 Å². The first-order chi connectivity index (χ1) is 17.8. The van der Waals surface area contributed by atoms with Gasteiger partial charge in [-0.3, -0.25) is 14.5 Å². The summed E-state index contributed by atoms with van der Waals surface area (Å²) in [6, 6.07) is 3.34. The van der Waals surface area contributed by atoms with Gasteiger partial charge in [0.05, 0.1) is 30.3 Å². The standard InChI is InChI=1S/C24H32FN3O9S.ClH/c1-14(2)21(26)22(30)35-13-36-23(31)27(15(3)29)11-18-12-28(24(32)37-18)17-4-5-19(20(25)10-17)16-6-8-38(33,34)9-7-16;/h4-5,10,14,16,18,21H,6-9,11-13,26H2,1-3H3;1H/t18-,21-;/m0./s1. The van der Waals surface area contributed by atoms with Crippen molar-refractivity contribution >= 4 is 52.0 Å². The van der Waals surface area contributed by atoms with Gasteiger partial charge in [-0.05, 0) is 42.4 Å². The third-order valence-electron chi connectivity index (χ3n) is 6.52. The van der Waals surface area contributed by atoms with E-state index in [9.17, 15) is 32.0 Å². The molecule has 2 heterocycles. The lowest BCUT2D eigenvalue weighted by atomic mass is 9.93. The Balaban J connectivity index is 0.00000533. The summed E-state index contributed by atoms with van der Waals surface area (Å²) >= 11 is 0. The van der Waals surface area contributed by atoms with Crippen LogP contribution in [0, 0.1) is 11.7 Å². The van der Waals surface area contributed by atoms with Gasteiger partial charge in [0.15, 0.2) is 0 Å². The van der Waals surface area contributed by atoms with Crippen molar-refractivity contribution in [2.24, 2.45) is 11.7 Å². The molecule has 3 amide bonds. The molecule has 0 aromatic heterocycles. The number of benzene rings is 1. The number of amides is 3. The van der Waals surface area contributed by atoms with Crippen molar-refractivity contribution in [1.29, 1.82) is 0 Å². The van der Waals surface area contributed by atoms with Crippen LogP contribution in [0.25, 0.3) is 0 Å². The molecule has 2 saturated heterocycles. The molecule has 0 unspecified atom stereocenters. The van der Waals surface area contributed by atoms with Crippen LogP contribution in [-0.4, -0.2) is 80.9 Å². The van der Waals surface area contributed by atoms with Crippen molar-refractivity contribution in [3.05, 3.63) is 29.6 Å². The Labute approximate surface area is 232 Å². The number of rotatable bonds is 8. The number of carbonyl (C=O) groups is 4. The second-order valence-corrected chi connectivity index (χ2v) is 11.9. The number of hydrogen-bond acceptors (Lipinski definition) is 10. The summed E-state index contributed by atoms with van der Waals surface area (Å²) in [5, 5.41) is 0. The lowest BCUT2D eigenvalue weighted by Crippen LogP contribution is -2.43. The van der Waals surface area contributed by atoms with Crippen molar-refractivity contribution in [3.63, 3.8) is 0 Å².